The Morgan fingerprint density at radius 3 is 2.50 bits per heavy atom. The molecule has 0 bridgehead atoms. The lowest BCUT2D eigenvalue weighted by Gasteiger charge is -2.12. The number of rotatable bonds is 6. The lowest BCUT2D eigenvalue weighted by atomic mass is 10.0. The van der Waals surface area contributed by atoms with Crippen LogP contribution < -0.4 is 16.8 Å². The number of hydrogen-bond donors (Lipinski definition) is 3. The number of nitrogen functional groups attached to an aromatic ring is 1. The maximum atomic E-state index is 12.9. The van der Waals surface area contributed by atoms with Crippen LogP contribution in [0.15, 0.2) is 48.8 Å². The molecule has 2 aromatic carbocycles. The molecular weight excluding hydrogens is 382 g/mol. The number of anilines is 1. The van der Waals surface area contributed by atoms with E-state index in [2.05, 4.69) is 10.3 Å². The van der Waals surface area contributed by atoms with E-state index in [0.29, 0.717) is 11.3 Å². The lowest BCUT2D eigenvalue weighted by molar-refractivity contribution is 0.0949. The van der Waals surface area contributed by atoms with E-state index in [1.165, 1.54) is 18.5 Å². The van der Waals surface area contributed by atoms with Gasteiger partial charge in [-0.25, -0.2) is 4.98 Å². The number of carbonyl (C=O) groups is 3. The van der Waals surface area contributed by atoms with Crippen molar-refractivity contribution in [2.45, 2.75) is 25.8 Å². The van der Waals surface area contributed by atoms with Gasteiger partial charge in [0.05, 0.1) is 5.69 Å². The summed E-state index contributed by atoms with van der Waals surface area (Å²) in [5, 5.41) is 2.96. The van der Waals surface area contributed by atoms with Gasteiger partial charge in [0.1, 0.15) is 12.1 Å². The number of ketones is 1. The first-order chi connectivity index (χ1) is 14.3. The Hall–Kier alpha value is -3.94. The fraction of sp³-hybridized carbons (Fsp3) is 0.182. The number of nitrogens with one attached hydrogen (secondary N) is 1. The molecule has 0 spiro atoms. The number of nitrogens with two attached hydrogens (primary N) is 2. The molecule has 8 nitrogen and oxygen atoms in total. The van der Waals surface area contributed by atoms with Crippen LogP contribution >= 0.6 is 0 Å². The molecule has 0 unspecified atom stereocenters. The molecule has 8 heteroatoms. The monoisotopic (exact) mass is 403 g/mol. The molecule has 1 aliphatic rings. The zero-order chi connectivity index (χ0) is 21.4. The van der Waals surface area contributed by atoms with E-state index >= 15 is 0 Å². The van der Waals surface area contributed by atoms with Crippen molar-refractivity contribution in [3.8, 4) is 5.69 Å². The van der Waals surface area contributed by atoms with Crippen LogP contribution in [0.25, 0.3) is 5.69 Å². The van der Waals surface area contributed by atoms with Crippen molar-refractivity contribution in [2.24, 2.45) is 5.73 Å². The zero-order valence-corrected chi connectivity index (χ0v) is 16.4. The number of amides is 2. The molecule has 1 saturated carbocycles. The van der Waals surface area contributed by atoms with Gasteiger partial charge in [-0.15, -0.1) is 0 Å². The van der Waals surface area contributed by atoms with Crippen LogP contribution in [0.3, 0.4) is 0 Å². The minimum absolute atomic E-state index is 0.0591. The summed E-state index contributed by atoms with van der Waals surface area (Å²) in [4.78, 5) is 40.9. The van der Waals surface area contributed by atoms with E-state index in [4.69, 9.17) is 11.5 Å². The van der Waals surface area contributed by atoms with Gasteiger partial charge >= 0.3 is 0 Å². The largest absolute Gasteiger partial charge is 0.383 e. The molecule has 5 N–H and O–H groups in total. The molecular formula is C22H21N5O3. The predicted octanol–water partition coefficient (Wildman–Crippen LogP) is 1.99. The Kier molecular flexibility index (Phi) is 4.83. The van der Waals surface area contributed by atoms with Gasteiger partial charge in [-0.05, 0) is 49.6 Å². The molecule has 152 valence electrons. The van der Waals surface area contributed by atoms with Crippen LogP contribution in [-0.2, 0) is 0 Å². The molecule has 30 heavy (non-hydrogen) atoms. The molecule has 1 aliphatic carbocycles. The molecule has 1 aromatic heterocycles. The number of nitrogens with zero attached hydrogens (tertiary/aromatic N) is 2. The number of aryl methyl sites for hydroxylation is 1. The lowest BCUT2D eigenvalue weighted by Crippen LogP contribution is -2.25. The average molecular weight is 403 g/mol. The number of benzene rings is 2. The van der Waals surface area contributed by atoms with E-state index < -0.39 is 11.7 Å². The second kappa shape index (κ2) is 7.47. The molecule has 0 aliphatic heterocycles. The molecule has 0 radical (unpaired) electrons. The third-order valence-electron chi connectivity index (χ3n) is 5.07. The summed E-state index contributed by atoms with van der Waals surface area (Å²) in [7, 11) is 0. The van der Waals surface area contributed by atoms with Crippen LogP contribution in [0.5, 0.6) is 0 Å². The molecule has 1 fully saturated rings. The van der Waals surface area contributed by atoms with Crippen LogP contribution in [-0.4, -0.2) is 33.2 Å². The summed E-state index contributed by atoms with van der Waals surface area (Å²) >= 11 is 0. The first-order valence-corrected chi connectivity index (χ1v) is 9.54. The van der Waals surface area contributed by atoms with E-state index in [9.17, 15) is 14.4 Å². The van der Waals surface area contributed by atoms with Gasteiger partial charge in [-0.1, -0.05) is 18.2 Å². The quantitative estimate of drug-likeness (QED) is 0.541. The van der Waals surface area contributed by atoms with Gasteiger partial charge in [0.25, 0.3) is 5.91 Å². The second-order valence-corrected chi connectivity index (χ2v) is 7.37. The maximum absolute atomic E-state index is 12.9. The van der Waals surface area contributed by atoms with Crippen LogP contribution in [0.2, 0.25) is 0 Å². The first kappa shape index (κ1) is 19.4. The highest BCUT2D eigenvalue weighted by atomic mass is 16.2. The minimum Gasteiger partial charge on any atom is -0.383 e. The Bertz CT molecular complexity index is 1180. The summed E-state index contributed by atoms with van der Waals surface area (Å²) in [6.07, 6.45) is 3.45. The maximum Gasteiger partial charge on any atom is 0.251 e. The summed E-state index contributed by atoms with van der Waals surface area (Å²) in [5.41, 5.74) is 14.1. The van der Waals surface area contributed by atoms with E-state index in [0.717, 1.165) is 18.4 Å². The average Bonchev–Trinajstić information content (AvgIpc) is 3.47. The molecule has 1 heterocycles. The number of carbonyl (C=O) groups excluding carboxylic acids is 3. The Balaban J connectivity index is 1.68. The Labute approximate surface area is 172 Å². The number of hydrogen-bond acceptors (Lipinski definition) is 5. The van der Waals surface area contributed by atoms with Crippen molar-refractivity contribution in [3.63, 3.8) is 0 Å². The number of aromatic nitrogens is 2. The number of imidazole rings is 1. The minimum atomic E-state index is -0.625. The summed E-state index contributed by atoms with van der Waals surface area (Å²) in [6, 6.07) is 11.7. The van der Waals surface area contributed by atoms with Crippen molar-refractivity contribution >= 4 is 23.4 Å². The van der Waals surface area contributed by atoms with Crippen LogP contribution in [0.4, 0.5) is 5.82 Å². The summed E-state index contributed by atoms with van der Waals surface area (Å²) in [5.74, 6) is -1.04. The van der Waals surface area contributed by atoms with Crippen LogP contribution in [0.1, 0.15) is 55.2 Å². The number of primary amides is 1. The van der Waals surface area contributed by atoms with Crippen LogP contribution in [0, 0.1) is 6.92 Å². The molecule has 0 saturated heterocycles. The Morgan fingerprint density at radius 1 is 1.07 bits per heavy atom. The predicted molar refractivity (Wildman–Crippen MR) is 112 cm³/mol. The molecule has 3 aromatic rings. The summed E-state index contributed by atoms with van der Waals surface area (Å²) in [6.45, 7) is 1.88. The standard InChI is InChI=1S/C22H21N5O3/c1-12-5-6-15(22(30)26-16-7-8-16)10-17(12)27-11-25-18(20(27)23)19(28)13-3-2-4-14(9-13)21(24)29/h2-6,9-11,16H,7-8,23H2,1H3,(H2,24,29)(H,26,30). The van der Waals surface area contributed by atoms with E-state index in [1.54, 1.807) is 28.8 Å². The highest BCUT2D eigenvalue weighted by molar-refractivity contribution is 6.11. The highest BCUT2D eigenvalue weighted by Crippen LogP contribution is 2.25. The van der Waals surface area contributed by atoms with Crippen molar-refractivity contribution in [1.82, 2.24) is 14.9 Å². The van der Waals surface area contributed by atoms with Gasteiger partial charge in [0, 0.05) is 22.7 Å². The topological polar surface area (TPSA) is 133 Å². The van der Waals surface area contributed by atoms with E-state index in [-0.39, 0.29) is 34.6 Å². The third kappa shape index (κ3) is 3.67. The van der Waals surface area contributed by atoms with Gasteiger partial charge in [-0.3, -0.25) is 19.0 Å². The van der Waals surface area contributed by atoms with Crippen molar-refractivity contribution in [1.29, 1.82) is 0 Å². The fourth-order valence-electron chi connectivity index (χ4n) is 3.18. The van der Waals surface area contributed by atoms with Crippen molar-refractivity contribution < 1.29 is 14.4 Å². The van der Waals surface area contributed by atoms with Crippen molar-refractivity contribution in [3.05, 3.63) is 76.7 Å². The highest BCUT2D eigenvalue weighted by Gasteiger charge is 2.24. The Morgan fingerprint density at radius 2 is 1.80 bits per heavy atom. The second-order valence-electron chi connectivity index (χ2n) is 7.37. The zero-order valence-electron chi connectivity index (χ0n) is 16.4. The SMILES string of the molecule is Cc1ccc(C(=O)NC2CC2)cc1-n1cnc(C(=O)c2cccc(C(N)=O)c2)c1N. The third-order valence-corrected chi connectivity index (χ3v) is 5.07. The summed E-state index contributed by atoms with van der Waals surface area (Å²) < 4.78 is 1.58. The fourth-order valence-corrected chi connectivity index (χ4v) is 3.18. The van der Waals surface area contributed by atoms with Crippen molar-refractivity contribution in [2.75, 3.05) is 5.73 Å². The molecule has 0 atom stereocenters. The smallest absolute Gasteiger partial charge is 0.251 e. The van der Waals surface area contributed by atoms with Gasteiger partial charge in [0.2, 0.25) is 11.7 Å². The van der Waals surface area contributed by atoms with Gasteiger partial charge in [-0.2, -0.15) is 0 Å². The van der Waals surface area contributed by atoms with Gasteiger partial charge in [0.15, 0.2) is 5.69 Å². The first-order valence-electron chi connectivity index (χ1n) is 9.54. The molecule has 4 rings (SSSR count). The molecule has 2 amide bonds. The normalized spacial score (nSPS) is 13.1. The van der Waals surface area contributed by atoms with E-state index in [1.807, 2.05) is 13.0 Å². The van der Waals surface area contributed by atoms with Gasteiger partial charge < -0.3 is 16.8 Å².